The van der Waals surface area contributed by atoms with Crippen LogP contribution in [0.5, 0.6) is 0 Å². The number of aromatic nitrogens is 3. The predicted molar refractivity (Wildman–Crippen MR) is 97.3 cm³/mol. The van der Waals surface area contributed by atoms with Crippen molar-refractivity contribution < 1.29 is 14.3 Å². The summed E-state index contributed by atoms with van der Waals surface area (Å²) in [5, 5.41) is 3.69. The number of nitrogens with one attached hydrogen (secondary N) is 1. The van der Waals surface area contributed by atoms with Crippen molar-refractivity contribution in [3.63, 3.8) is 0 Å². The summed E-state index contributed by atoms with van der Waals surface area (Å²) >= 11 is 0. The summed E-state index contributed by atoms with van der Waals surface area (Å²) in [5.74, 6) is 1.14. The molecule has 134 valence electrons. The van der Waals surface area contributed by atoms with Crippen LogP contribution in [0, 0.1) is 0 Å². The van der Waals surface area contributed by atoms with Crippen LogP contribution in [0.3, 0.4) is 0 Å². The van der Waals surface area contributed by atoms with Gasteiger partial charge in [-0.2, -0.15) is 0 Å². The second-order valence-corrected chi connectivity index (χ2v) is 6.38. The van der Waals surface area contributed by atoms with Gasteiger partial charge in [-0.1, -0.05) is 6.07 Å². The Morgan fingerprint density at radius 3 is 3.00 bits per heavy atom. The molecule has 1 atom stereocenters. The molecule has 1 N–H and O–H groups in total. The third-order valence-corrected chi connectivity index (χ3v) is 4.70. The lowest BCUT2D eigenvalue weighted by atomic mass is 9.98. The van der Waals surface area contributed by atoms with Crippen LogP contribution >= 0.6 is 0 Å². The van der Waals surface area contributed by atoms with E-state index >= 15 is 0 Å². The minimum Gasteiger partial charge on any atom is -0.378 e. The van der Waals surface area contributed by atoms with E-state index in [-0.39, 0.29) is 5.91 Å². The smallest absolute Gasteiger partial charge is 0.222 e. The van der Waals surface area contributed by atoms with E-state index in [1.54, 1.807) is 13.3 Å². The molecule has 26 heavy (non-hydrogen) atoms. The average Bonchev–Trinajstić information content (AvgIpc) is 3.29. The van der Waals surface area contributed by atoms with Crippen LogP contribution in [-0.2, 0) is 19.9 Å². The average molecular weight is 352 g/mol. The Bertz CT molecular complexity index is 960. The Morgan fingerprint density at radius 2 is 2.27 bits per heavy atom. The number of nitrogens with zero attached hydrogens (tertiary/aromatic N) is 3. The second kappa shape index (κ2) is 6.51. The van der Waals surface area contributed by atoms with E-state index < -0.39 is 5.60 Å². The maximum absolute atomic E-state index is 11.3. The molecule has 3 aromatic heterocycles. The SMILES string of the molecule is COC1(c2cccc(-n3ccc4cnc(NC(C)=O)cc43)n2)CCOC1. The fourth-order valence-electron chi connectivity index (χ4n) is 3.30. The molecule has 1 aliphatic rings. The lowest BCUT2D eigenvalue weighted by molar-refractivity contribution is -0.114. The summed E-state index contributed by atoms with van der Waals surface area (Å²) in [6, 6.07) is 9.70. The van der Waals surface area contributed by atoms with Gasteiger partial charge in [0.15, 0.2) is 0 Å². The van der Waals surface area contributed by atoms with Crippen molar-refractivity contribution in [2.24, 2.45) is 0 Å². The minimum atomic E-state index is -0.498. The van der Waals surface area contributed by atoms with Gasteiger partial charge in [0, 0.05) is 50.9 Å². The standard InChI is InChI=1S/C19H20N4O3/c1-13(24)21-17-10-15-14(11-20-17)6-8-23(15)18-5-3-4-16(22-18)19(25-2)7-9-26-12-19/h3-6,8,10-11H,7,9,12H2,1-2H3,(H,20,21,24). The molecule has 1 fully saturated rings. The number of pyridine rings is 2. The molecule has 7 nitrogen and oxygen atoms in total. The highest BCUT2D eigenvalue weighted by Gasteiger charge is 2.38. The van der Waals surface area contributed by atoms with Gasteiger partial charge in [-0.3, -0.25) is 4.79 Å². The van der Waals surface area contributed by atoms with E-state index in [2.05, 4.69) is 10.3 Å². The van der Waals surface area contributed by atoms with Crippen molar-refractivity contribution in [3.05, 3.63) is 48.4 Å². The fraction of sp³-hybridized carbons (Fsp3) is 0.316. The lowest BCUT2D eigenvalue weighted by Crippen LogP contribution is -2.30. The van der Waals surface area contributed by atoms with Crippen molar-refractivity contribution >= 4 is 22.6 Å². The van der Waals surface area contributed by atoms with Crippen molar-refractivity contribution in [1.29, 1.82) is 0 Å². The molecule has 7 heteroatoms. The van der Waals surface area contributed by atoms with E-state index in [9.17, 15) is 4.79 Å². The number of carbonyl (C=O) groups is 1. The summed E-state index contributed by atoms with van der Waals surface area (Å²) < 4.78 is 13.3. The molecule has 0 saturated carbocycles. The topological polar surface area (TPSA) is 78.3 Å². The zero-order chi connectivity index (χ0) is 18.1. The lowest BCUT2D eigenvalue weighted by Gasteiger charge is -2.25. The first-order valence-corrected chi connectivity index (χ1v) is 8.47. The Kier molecular flexibility index (Phi) is 4.18. The first-order chi connectivity index (χ1) is 12.6. The van der Waals surface area contributed by atoms with Gasteiger partial charge in [-0.25, -0.2) is 9.97 Å². The Balaban J connectivity index is 1.78. The van der Waals surface area contributed by atoms with E-state index in [1.165, 1.54) is 6.92 Å². The monoisotopic (exact) mass is 352 g/mol. The number of anilines is 1. The predicted octanol–water partition coefficient (Wildman–Crippen LogP) is 2.64. The maximum atomic E-state index is 11.3. The number of methoxy groups -OCH3 is 1. The normalized spacial score (nSPS) is 19.8. The van der Waals surface area contributed by atoms with Crippen molar-refractivity contribution in [1.82, 2.24) is 14.5 Å². The summed E-state index contributed by atoms with van der Waals surface area (Å²) in [6.45, 7) is 2.63. The van der Waals surface area contributed by atoms with E-state index in [4.69, 9.17) is 14.5 Å². The van der Waals surface area contributed by atoms with E-state index in [1.807, 2.05) is 41.1 Å². The van der Waals surface area contributed by atoms with Gasteiger partial charge in [0.05, 0.1) is 17.8 Å². The number of rotatable bonds is 4. The molecular formula is C19H20N4O3. The van der Waals surface area contributed by atoms with Crippen LogP contribution in [-0.4, -0.2) is 40.8 Å². The van der Waals surface area contributed by atoms with E-state index in [0.717, 1.165) is 28.8 Å². The molecule has 3 aromatic rings. The number of amides is 1. The molecule has 1 aliphatic heterocycles. The van der Waals surface area contributed by atoms with E-state index in [0.29, 0.717) is 19.0 Å². The third kappa shape index (κ3) is 2.85. The highest BCUT2D eigenvalue weighted by Crippen LogP contribution is 2.33. The zero-order valence-corrected chi connectivity index (χ0v) is 14.7. The molecule has 0 radical (unpaired) electrons. The molecule has 4 rings (SSSR count). The van der Waals surface area contributed by atoms with Crippen molar-refractivity contribution in [2.45, 2.75) is 18.9 Å². The summed E-state index contributed by atoms with van der Waals surface area (Å²) in [6.07, 6.45) is 4.46. The van der Waals surface area contributed by atoms with Gasteiger partial charge < -0.3 is 19.4 Å². The summed E-state index contributed by atoms with van der Waals surface area (Å²) in [7, 11) is 1.69. The number of ether oxygens (including phenoxy) is 2. The van der Waals surface area contributed by atoms with Crippen LogP contribution in [0.1, 0.15) is 19.0 Å². The third-order valence-electron chi connectivity index (χ3n) is 4.70. The van der Waals surface area contributed by atoms with Gasteiger partial charge in [-0.15, -0.1) is 0 Å². The number of carbonyl (C=O) groups excluding carboxylic acids is 1. The van der Waals surface area contributed by atoms with Gasteiger partial charge in [0.2, 0.25) is 5.91 Å². The molecule has 0 aliphatic carbocycles. The van der Waals surface area contributed by atoms with Gasteiger partial charge in [0.25, 0.3) is 0 Å². The van der Waals surface area contributed by atoms with Crippen molar-refractivity contribution in [3.8, 4) is 5.82 Å². The van der Waals surface area contributed by atoms with Gasteiger partial charge >= 0.3 is 0 Å². The molecular weight excluding hydrogens is 332 g/mol. The first-order valence-electron chi connectivity index (χ1n) is 8.47. The highest BCUT2D eigenvalue weighted by molar-refractivity contribution is 5.91. The quantitative estimate of drug-likeness (QED) is 0.781. The Morgan fingerprint density at radius 1 is 1.38 bits per heavy atom. The van der Waals surface area contributed by atoms with Gasteiger partial charge in [-0.05, 0) is 18.2 Å². The fourth-order valence-corrected chi connectivity index (χ4v) is 3.30. The number of hydrogen-bond acceptors (Lipinski definition) is 5. The largest absolute Gasteiger partial charge is 0.378 e. The molecule has 1 amide bonds. The molecule has 0 aromatic carbocycles. The molecule has 1 saturated heterocycles. The van der Waals surface area contributed by atoms with Crippen LogP contribution in [0.15, 0.2) is 42.7 Å². The number of fused-ring (bicyclic) bond motifs is 1. The van der Waals surface area contributed by atoms with Crippen LogP contribution in [0.2, 0.25) is 0 Å². The molecule has 4 heterocycles. The van der Waals surface area contributed by atoms with Crippen LogP contribution in [0.25, 0.3) is 16.7 Å². The second-order valence-electron chi connectivity index (χ2n) is 6.38. The maximum Gasteiger partial charge on any atom is 0.222 e. The number of hydrogen-bond donors (Lipinski definition) is 1. The van der Waals surface area contributed by atoms with Gasteiger partial charge in [0.1, 0.15) is 17.2 Å². The zero-order valence-electron chi connectivity index (χ0n) is 14.7. The molecule has 0 bridgehead atoms. The summed E-state index contributed by atoms with van der Waals surface area (Å²) in [5.41, 5.74) is 1.28. The molecule has 0 spiro atoms. The Labute approximate surface area is 151 Å². The van der Waals surface area contributed by atoms with Crippen molar-refractivity contribution in [2.75, 3.05) is 25.6 Å². The highest BCUT2D eigenvalue weighted by atomic mass is 16.5. The molecule has 1 unspecified atom stereocenters. The van der Waals surface area contributed by atoms with Crippen LogP contribution in [0.4, 0.5) is 5.82 Å². The minimum absolute atomic E-state index is 0.154. The summed E-state index contributed by atoms with van der Waals surface area (Å²) in [4.78, 5) is 20.4. The van der Waals surface area contributed by atoms with Crippen LogP contribution < -0.4 is 5.32 Å². The Hall–Kier alpha value is -2.77. The first kappa shape index (κ1) is 16.7.